The molecule has 1 aliphatic heterocycles. The zero-order valence-electron chi connectivity index (χ0n) is 9.70. The van der Waals surface area contributed by atoms with E-state index in [2.05, 4.69) is 12.6 Å². The molecule has 0 N–H and O–H groups in total. The molecule has 0 radical (unpaired) electrons. The maximum atomic E-state index is 11.8. The molecule has 96 valence electrons. The Morgan fingerprint density at radius 1 is 1.56 bits per heavy atom. The van der Waals surface area contributed by atoms with Gasteiger partial charge in [-0.1, -0.05) is 0 Å². The minimum Gasteiger partial charge on any atom is -0.494 e. The summed E-state index contributed by atoms with van der Waals surface area (Å²) < 4.78 is 5.11. The Balaban J connectivity index is 2.39. The van der Waals surface area contributed by atoms with E-state index >= 15 is 0 Å². The van der Waals surface area contributed by atoms with Crippen molar-refractivity contribution in [1.82, 2.24) is 0 Å². The number of carbonyl (C=O) groups excluding carboxylic acids is 1. The van der Waals surface area contributed by atoms with Gasteiger partial charge >= 0.3 is 0 Å². The zero-order chi connectivity index (χ0) is 13.3. The SMILES string of the molecule is COc1cc([N+](=O)[O-])ccc1N1CC(S)CC1=O. The lowest BCUT2D eigenvalue weighted by Gasteiger charge is -2.18. The molecular weight excluding hydrogens is 256 g/mol. The minimum absolute atomic E-state index is 0.0163. The highest BCUT2D eigenvalue weighted by Crippen LogP contribution is 2.35. The van der Waals surface area contributed by atoms with Gasteiger partial charge < -0.3 is 9.64 Å². The predicted molar refractivity (Wildman–Crippen MR) is 69.4 cm³/mol. The summed E-state index contributed by atoms with van der Waals surface area (Å²) in [6, 6.07) is 4.20. The van der Waals surface area contributed by atoms with E-state index in [1.807, 2.05) is 0 Å². The molecule has 18 heavy (non-hydrogen) atoms. The van der Waals surface area contributed by atoms with Gasteiger partial charge in [0.05, 0.1) is 23.8 Å². The molecule has 1 aromatic carbocycles. The normalized spacial score (nSPS) is 19.1. The molecule has 1 unspecified atom stereocenters. The van der Waals surface area contributed by atoms with E-state index in [0.29, 0.717) is 24.4 Å². The van der Waals surface area contributed by atoms with Gasteiger partial charge in [-0.15, -0.1) is 0 Å². The lowest BCUT2D eigenvalue weighted by atomic mass is 10.2. The predicted octanol–water partition coefficient (Wildman–Crippen LogP) is 1.64. The number of non-ortho nitro benzene ring substituents is 1. The number of hydrogen-bond acceptors (Lipinski definition) is 5. The van der Waals surface area contributed by atoms with Crippen LogP contribution >= 0.6 is 12.6 Å². The van der Waals surface area contributed by atoms with Crippen molar-refractivity contribution in [2.45, 2.75) is 11.7 Å². The number of hydrogen-bond donors (Lipinski definition) is 1. The first-order valence-corrected chi connectivity index (χ1v) is 5.85. The Hall–Kier alpha value is -1.76. The third-order valence-corrected chi connectivity index (χ3v) is 3.12. The number of nitro groups is 1. The second kappa shape index (κ2) is 4.85. The molecule has 1 fully saturated rings. The largest absolute Gasteiger partial charge is 0.494 e. The number of benzene rings is 1. The highest BCUT2D eigenvalue weighted by Gasteiger charge is 2.30. The Kier molecular flexibility index (Phi) is 3.42. The fraction of sp³-hybridized carbons (Fsp3) is 0.364. The molecule has 0 bridgehead atoms. The quantitative estimate of drug-likeness (QED) is 0.514. The van der Waals surface area contributed by atoms with Crippen LogP contribution in [0.15, 0.2) is 18.2 Å². The van der Waals surface area contributed by atoms with Crippen LogP contribution in [-0.4, -0.2) is 29.7 Å². The van der Waals surface area contributed by atoms with E-state index in [0.717, 1.165) is 0 Å². The van der Waals surface area contributed by atoms with Gasteiger partial charge in [0.1, 0.15) is 5.75 Å². The molecule has 1 heterocycles. The summed E-state index contributed by atoms with van der Waals surface area (Å²) in [5, 5.41) is 10.7. The van der Waals surface area contributed by atoms with Crippen LogP contribution in [0.5, 0.6) is 5.75 Å². The molecule has 6 nitrogen and oxygen atoms in total. The number of thiol groups is 1. The summed E-state index contributed by atoms with van der Waals surface area (Å²) in [5.74, 6) is 0.266. The number of nitro benzene ring substituents is 1. The average Bonchev–Trinajstić information content (AvgIpc) is 2.67. The number of carbonyl (C=O) groups is 1. The van der Waals surface area contributed by atoms with E-state index in [-0.39, 0.29) is 16.8 Å². The van der Waals surface area contributed by atoms with Gasteiger partial charge in [-0.3, -0.25) is 14.9 Å². The van der Waals surface area contributed by atoms with Crippen LogP contribution < -0.4 is 9.64 Å². The molecule has 1 aliphatic rings. The summed E-state index contributed by atoms with van der Waals surface area (Å²) >= 11 is 4.27. The fourth-order valence-corrected chi connectivity index (χ4v) is 2.24. The van der Waals surface area contributed by atoms with Crippen molar-refractivity contribution in [2.24, 2.45) is 0 Å². The molecule has 0 aromatic heterocycles. The molecule has 7 heteroatoms. The zero-order valence-corrected chi connectivity index (χ0v) is 10.6. The van der Waals surface area contributed by atoms with Gasteiger partial charge in [-0.2, -0.15) is 12.6 Å². The van der Waals surface area contributed by atoms with E-state index < -0.39 is 4.92 Å². The summed E-state index contributed by atoms with van der Waals surface area (Å²) in [7, 11) is 1.42. The van der Waals surface area contributed by atoms with Crippen molar-refractivity contribution in [2.75, 3.05) is 18.6 Å². The third-order valence-electron chi connectivity index (χ3n) is 2.77. The van der Waals surface area contributed by atoms with Crippen molar-refractivity contribution in [3.8, 4) is 5.75 Å². The van der Waals surface area contributed by atoms with Crippen molar-refractivity contribution in [3.63, 3.8) is 0 Å². The first-order valence-electron chi connectivity index (χ1n) is 5.33. The standard InChI is InChI=1S/C11H12N2O4S/c1-17-10-4-7(13(15)16)2-3-9(10)12-6-8(18)5-11(12)14/h2-4,8,18H,5-6H2,1H3. The number of methoxy groups -OCH3 is 1. The van der Waals surface area contributed by atoms with Crippen LogP contribution in [0.4, 0.5) is 11.4 Å². The number of ether oxygens (including phenoxy) is 1. The van der Waals surface area contributed by atoms with E-state index in [4.69, 9.17) is 4.74 Å². The maximum Gasteiger partial charge on any atom is 0.273 e. The van der Waals surface area contributed by atoms with Gasteiger partial charge in [-0.25, -0.2) is 0 Å². The second-order valence-corrected chi connectivity index (χ2v) is 4.71. The summed E-state index contributed by atoms with van der Waals surface area (Å²) in [6.07, 6.45) is 0.364. The molecule has 1 saturated heterocycles. The Morgan fingerprint density at radius 2 is 2.28 bits per heavy atom. The molecule has 0 spiro atoms. The van der Waals surface area contributed by atoms with E-state index in [1.54, 1.807) is 4.90 Å². The Bertz CT molecular complexity index is 506. The van der Waals surface area contributed by atoms with Gasteiger partial charge in [0.2, 0.25) is 5.91 Å². The summed E-state index contributed by atoms with van der Waals surface area (Å²) in [5.41, 5.74) is 0.481. The number of nitrogens with zero attached hydrogens (tertiary/aromatic N) is 2. The molecule has 1 aromatic rings. The van der Waals surface area contributed by atoms with Gasteiger partial charge in [0.25, 0.3) is 5.69 Å². The fourth-order valence-electron chi connectivity index (χ4n) is 1.92. The summed E-state index contributed by atoms with van der Waals surface area (Å²) in [4.78, 5) is 23.5. The highest BCUT2D eigenvalue weighted by atomic mass is 32.1. The van der Waals surface area contributed by atoms with Crippen molar-refractivity contribution in [3.05, 3.63) is 28.3 Å². The van der Waals surface area contributed by atoms with Crippen LogP contribution in [-0.2, 0) is 4.79 Å². The van der Waals surface area contributed by atoms with Crippen LogP contribution in [0, 0.1) is 10.1 Å². The first kappa shape index (κ1) is 12.7. The first-order chi connectivity index (χ1) is 8.52. The molecular formula is C11H12N2O4S. The number of amides is 1. The van der Waals surface area contributed by atoms with E-state index in [9.17, 15) is 14.9 Å². The molecule has 2 rings (SSSR count). The minimum atomic E-state index is -0.500. The Labute approximate surface area is 109 Å². The van der Waals surface area contributed by atoms with Crippen molar-refractivity contribution in [1.29, 1.82) is 0 Å². The Morgan fingerprint density at radius 3 is 2.78 bits per heavy atom. The molecule has 0 aliphatic carbocycles. The van der Waals surface area contributed by atoms with Crippen LogP contribution in [0.2, 0.25) is 0 Å². The van der Waals surface area contributed by atoms with Crippen molar-refractivity contribution < 1.29 is 14.5 Å². The maximum absolute atomic E-state index is 11.8. The number of anilines is 1. The van der Waals surface area contributed by atoms with Crippen LogP contribution in [0.25, 0.3) is 0 Å². The van der Waals surface area contributed by atoms with Crippen LogP contribution in [0.3, 0.4) is 0 Å². The van der Waals surface area contributed by atoms with Gasteiger partial charge in [-0.05, 0) is 6.07 Å². The lowest BCUT2D eigenvalue weighted by Crippen LogP contribution is -2.25. The monoisotopic (exact) mass is 268 g/mol. The second-order valence-electron chi connectivity index (χ2n) is 3.98. The van der Waals surface area contributed by atoms with Crippen molar-refractivity contribution >= 4 is 29.9 Å². The van der Waals surface area contributed by atoms with Crippen LogP contribution in [0.1, 0.15) is 6.42 Å². The average molecular weight is 268 g/mol. The van der Waals surface area contributed by atoms with E-state index in [1.165, 1.54) is 25.3 Å². The molecule has 1 amide bonds. The highest BCUT2D eigenvalue weighted by molar-refractivity contribution is 7.81. The molecule has 0 saturated carbocycles. The molecule has 1 atom stereocenters. The number of rotatable bonds is 3. The smallest absolute Gasteiger partial charge is 0.273 e. The topological polar surface area (TPSA) is 72.7 Å². The van der Waals surface area contributed by atoms with Gasteiger partial charge in [0, 0.05) is 24.3 Å². The lowest BCUT2D eigenvalue weighted by molar-refractivity contribution is -0.384. The third kappa shape index (κ3) is 2.26. The summed E-state index contributed by atoms with van der Waals surface area (Å²) in [6.45, 7) is 0.482. The van der Waals surface area contributed by atoms with Gasteiger partial charge in [0.15, 0.2) is 0 Å².